The van der Waals surface area contributed by atoms with Crippen LogP contribution >= 0.6 is 34.4 Å². The molecule has 4 aromatic rings. The van der Waals surface area contributed by atoms with Crippen LogP contribution in [0.5, 0.6) is 5.75 Å². The second kappa shape index (κ2) is 11.9. The molecule has 4 aromatic carbocycles. The van der Waals surface area contributed by atoms with Crippen LogP contribution in [0.1, 0.15) is 11.1 Å². The van der Waals surface area contributed by atoms with Gasteiger partial charge in [0, 0.05) is 14.2 Å². The molecule has 0 fully saturated rings. The van der Waals surface area contributed by atoms with Crippen molar-refractivity contribution in [1.29, 1.82) is 0 Å². The van der Waals surface area contributed by atoms with E-state index in [1.807, 2.05) is 18.2 Å². The van der Waals surface area contributed by atoms with Crippen LogP contribution in [0, 0.1) is 3.57 Å². The lowest BCUT2D eigenvalue weighted by Crippen LogP contribution is -2.09. The van der Waals surface area contributed by atoms with Crippen LogP contribution in [0.15, 0.2) is 114 Å². The van der Waals surface area contributed by atoms with Gasteiger partial charge in [0.05, 0.1) is 0 Å². The van der Waals surface area contributed by atoms with E-state index in [0.717, 1.165) is 10.6 Å². The lowest BCUT2D eigenvalue weighted by Gasteiger charge is -2.12. The average Bonchev–Trinajstić information content (AvgIpc) is 2.87. The third kappa shape index (κ3) is 6.52. The molecule has 0 unspecified atom stereocenters. The standard InChI is InChI=1S/C29H23IO3S/c30-28-9-5-4-8-27(28)26(23-12-10-22(11-13-23)21-6-2-1-3-7-21)18-19-34-25-16-14-24(15-17-25)33-20-29(31)32/h1-18H,19-20H2,(H,31,32)/b26-18+. The number of carboxylic acid groups (broad SMARTS) is 1. The number of rotatable bonds is 9. The molecular weight excluding hydrogens is 555 g/mol. The molecule has 0 aromatic heterocycles. The molecule has 0 saturated heterocycles. The molecule has 0 atom stereocenters. The van der Waals surface area contributed by atoms with Crippen molar-refractivity contribution in [2.75, 3.05) is 12.4 Å². The number of hydrogen-bond acceptors (Lipinski definition) is 3. The van der Waals surface area contributed by atoms with Gasteiger partial charge in [-0.3, -0.25) is 0 Å². The number of halogens is 1. The Balaban J connectivity index is 1.54. The zero-order valence-corrected chi connectivity index (χ0v) is 21.3. The Bertz CT molecular complexity index is 1270. The Kier molecular flexibility index (Phi) is 8.44. The number of benzene rings is 4. The first kappa shape index (κ1) is 24.1. The summed E-state index contributed by atoms with van der Waals surface area (Å²) in [6.07, 6.45) is 2.27. The molecule has 0 aliphatic heterocycles. The van der Waals surface area contributed by atoms with Gasteiger partial charge in [0.2, 0.25) is 0 Å². The molecule has 0 amide bonds. The van der Waals surface area contributed by atoms with E-state index in [0.29, 0.717) is 5.75 Å². The van der Waals surface area contributed by atoms with Gasteiger partial charge in [-0.1, -0.05) is 78.9 Å². The Labute approximate surface area is 217 Å². The highest BCUT2D eigenvalue weighted by atomic mass is 127. The first-order valence-electron chi connectivity index (χ1n) is 10.8. The van der Waals surface area contributed by atoms with Crippen LogP contribution < -0.4 is 4.74 Å². The summed E-state index contributed by atoms with van der Waals surface area (Å²) < 4.78 is 6.43. The summed E-state index contributed by atoms with van der Waals surface area (Å²) in [4.78, 5) is 11.8. The van der Waals surface area contributed by atoms with E-state index in [1.165, 1.54) is 31.4 Å². The molecule has 3 nitrogen and oxygen atoms in total. The highest BCUT2D eigenvalue weighted by molar-refractivity contribution is 14.1. The maximum atomic E-state index is 10.7. The van der Waals surface area contributed by atoms with Gasteiger partial charge in [-0.25, -0.2) is 4.79 Å². The zero-order chi connectivity index (χ0) is 23.8. The van der Waals surface area contributed by atoms with E-state index in [9.17, 15) is 4.79 Å². The Hall–Kier alpha value is -3.03. The monoisotopic (exact) mass is 578 g/mol. The minimum atomic E-state index is -0.983. The second-order valence-electron chi connectivity index (χ2n) is 7.51. The van der Waals surface area contributed by atoms with Crippen molar-refractivity contribution in [2.24, 2.45) is 0 Å². The van der Waals surface area contributed by atoms with Crippen molar-refractivity contribution in [1.82, 2.24) is 0 Å². The van der Waals surface area contributed by atoms with Gasteiger partial charge in [-0.15, -0.1) is 11.8 Å². The molecule has 0 saturated carbocycles. The number of carboxylic acids is 1. The molecule has 0 radical (unpaired) electrons. The highest BCUT2D eigenvalue weighted by Gasteiger charge is 2.09. The highest BCUT2D eigenvalue weighted by Crippen LogP contribution is 2.31. The van der Waals surface area contributed by atoms with Crippen LogP contribution in [-0.4, -0.2) is 23.4 Å². The first-order valence-corrected chi connectivity index (χ1v) is 12.8. The fourth-order valence-corrected chi connectivity index (χ4v) is 4.98. The fraction of sp³-hybridized carbons (Fsp3) is 0.0690. The third-order valence-electron chi connectivity index (χ3n) is 5.19. The smallest absolute Gasteiger partial charge is 0.341 e. The average molecular weight is 578 g/mol. The van der Waals surface area contributed by atoms with Crippen LogP contribution in [0.3, 0.4) is 0 Å². The Morgan fingerprint density at radius 1 is 0.824 bits per heavy atom. The van der Waals surface area contributed by atoms with Gasteiger partial charge >= 0.3 is 5.97 Å². The maximum Gasteiger partial charge on any atom is 0.341 e. The molecule has 5 heteroatoms. The molecule has 170 valence electrons. The molecule has 0 bridgehead atoms. The summed E-state index contributed by atoms with van der Waals surface area (Å²) in [5.41, 5.74) is 6.01. The molecule has 34 heavy (non-hydrogen) atoms. The summed E-state index contributed by atoms with van der Waals surface area (Å²) in [5, 5.41) is 8.74. The van der Waals surface area contributed by atoms with Gasteiger partial charge in [0.15, 0.2) is 6.61 Å². The molecule has 0 aliphatic carbocycles. The number of thioether (sulfide) groups is 1. The van der Waals surface area contributed by atoms with Gasteiger partial charge in [-0.2, -0.15) is 0 Å². The van der Waals surface area contributed by atoms with Crippen molar-refractivity contribution >= 4 is 45.9 Å². The van der Waals surface area contributed by atoms with E-state index >= 15 is 0 Å². The largest absolute Gasteiger partial charge is 0.482 e. The topological polar surface area (TPSA) is 46.5 Å². The van der Waals surface area contributed by atoms with E-state index in [-0.39, 0.29) is 6.61 Å². The van der Waals surface area contributed by atoms with Gasteiger partial charge in [0.25, 0.3) is 0 Å². The van der Waals surface area contributed by atoms with E-state index < -0.39 is 5.97 Å². The normalized spacial score (nSPS) is 11.3. The van der Waals surface area contributed by atoms with Crippen molar-refractivity contribution in [3.8, 4) is 16.9 Å². The number of ether oxygens (including phenoxy) is 1. The first-order chi connectivity index (χ1) is 16.6. The summed E-state index contributed by atoms with van der Waals surface area (Å²) in [6, 6.07) is 35.1. The lowest BCUT2D eigenvalue weighted by atomic mass is 9.95. The van der Waals surface area contributed by atoms with Crippen LogP contribution in [0.4, 0.5) is 0 Å². The third-order valence-corrected chi connectivity index (χ3v) is 7.07. The number of aliphatic carboxylic acids is 1. The van der Waals surface area contributed by atoms with E-state index in [1.54, 1.807) is 23.9 Å². The van der Waals surface area contributed by atoms with Gasteiger partial charge < -0.3 is 9.84 Å². The summed E-state index contributed by atoms with van der Waals surface area (Å²) in [7, 11) is 0. The predicted octanol–water partition coefficient (Wildman–Crippen LogP) is 7.65. The van der Waals surface area contributed by atoms with E-state index in [2.05, 4.69) is 101 Å². The van der Waals surface area contributed by atoms with Crippen molar-refractivity contribution in [3.63, 3.8) is 0 Å². The quantitative estimate of drug-likeness (QED) is 0.164. The fourth-order valence-electron chi connectivity index (χ4n) is 3.53. The van der Waals surface area contributed by atoms with Crippen LogP contribution in [-0.2, 0) is 4.79 Å². The van der Waals surface area contributed by atoms with Crippen molar-refractivity contribution in [2.45, 2.75) is 4.90 Å². The lowest BCUT2D eigenvalue weighted by molar-refractivity contribution is -0.139. The summed E-state index contributed by atoms with van der Waals surface area (Å²) in [5.74, 6) is 0.375. The minimum absolute atomic E-state index is 0.336. The predicted molar refractivity (Wildman–Crippen MR) is 148 cm³/mol. The molecule has 0 spiro atoms. The molecule has 4 rings (SSSR count). The Morgan fingerprint density at radius 2 is 1.47 bits per heavy atom. The number of hydrogen-bond donors (Lipinski definition) is 1. The molecular formula is C29H23IO3S. The van der Waals surface area contributed by atoms with Crippen LogP contribution in [0.2, 0.25) is 0 Å². The van der Waals surface area contributed by atoms with Gasteiger partial charge in [0.1, 0.15) is 5.75 Å². The maximum absolute atomic E-state index is 10.7. The minimum Gasteiger partial charge on any atom is -0.482 e. The van der Waals surface area contributed by atoms with Crippen molar-refractivity contribution in [3.05, 3.63) is 124 Å². The van der Waals surface area contributed by atoms with Gasteiger partial charge in [-0.05, 0) is 80.7 Å². The molecule has 0 heterocycles. The van der Waals surface area contributed by atoms with E-state index in [4.69, 9.17) is 9.84 Å². The zero-order valence-electron chi connectivity index (χ0n) is 18.4. The summed E-state index contributed by atoms with van der Waals surface area (Å²) >= 11 is 4.12. The molecule has 1 N–H and O–H groups in total. The van der Waals surface area contributed by atoms with Crippen LogP contribution in [0.25, 0.3) is 16.7 Å². The Morgan fingerprint density at radius 3 is 2.15 bits per heavy atom. The summed E-state index contributed by atoms with van der Waals surface area (Å²) in [6.45, 7) is -0.336. The van der Waals surface area contributed by atoms with Crippen molar-refractivity contribution < 1.29 is 14.6 Å². The number of carbonyl (C=O) groups is 1. The SMILES string of the molecule is O=C(O)COc1ccc(SC/C=C(\c2ccc(-c3ccccc3)cc2)c2ccccc2I)cc1. The molecule has 0 aliphatic rings. The second-order valence-corrected chi connectivity index (χ2v) is 9.76.